The fourth-order valence-corrected chi connectivity index (χ4v) is 1.36. The Morgan fingerprint density at radius 2 is 1.61 bits per heavy atom. The van der Waals surface area contributed by atoms with E-state index >= 15 is 0 Å². The third-order valence-electron chi connectivity index (χ3n) is 2.20. The lowest BCUT2D eigenvalue weighted by Gasteiger charge is -2.05. The van der Waals surface area contributed by atoms with E-state index in [-0.39, 0.29) is 5.75 Å². The summed E-state index contributed by atoms with van der Waals surface area (Å²) in [6.07, 6.45) is 3.07. The van der Waals surface area contributed by atoms with Crippen molar-refractivity contribution in [2.24, 2.45) is 0 Å². The van der Waals surface area contributed by atoms with Gasteiger partial charge in [0.05, 0.1) is 19.5 Å². The van der Waals surface area contributed by atoms with Gasteiger partial charge in [0.1, 0.15) is 5.75 Å². The molecule has 1 aromatic carbocycles. The Morgan fingerprint density at radius 1 is 1.00 bits per heavy atom. The van der Waals surface area contributed by atoms with Crippen molar-refractivity contribution < 1.29 is 18.3 Å². The van der Waals surface area contributed by atoms with Crippen LogP contribution in [-0.4, -0.2) is 23.7 Å². The fourth-order valence-electron chi connectivity index (χ4n) is 1.36. The molecule has 0 spiro atoms. The lowest BCUT2D eigenvalue weighted by molar-refractivity contribution is -0.0498. The first kappa shape index (κ1) is 12.2. The first-order valence-electron chi connectivity index (χ1n) is 5.10. The van der Waals surface area contributed by atoms with Gasteiger partial charge in [0, 0.05) is 5.56 Å². The van der Waals surface area contributed by atoms with Crippen molar-refractivity contribution in [3.63, 3.8) is 0 Å². The highest BCUT2D eigenvalue weighted by Gasteiger charge is 2.05. The first-order valence-corrected chi connectivity index (χ1v) is 5.10. The third kappa shape index (κ3) is 2.91. The summed E-state index contributed by atoms with van der Waals surface area (Å²) in [5.74, 6) is 1.14. The molecule has 1 aromatic heterocycles. The Labute approximate surface area is 102 Å². The highest BCUT2D eigenvalue weighted by atomic mass is 19.3. The monoisotopic (exact) mass is 252 g/mol. The van der Waals surface area contributed by atoms with Crippen molar-refractivity contribution in [2.75, 3.05) is 7.11 Å². The number of aromatic nitrogens is 2. The Bertz CT molecular complexity index is 500. The van der Waals surface area contributed by atoms with Gasteiger partial charge in [0.25, 0.3) is 0 Å². The summed E-state index contributed by atoms with van der Waals surface area (Å²) in [7, 11) is 1.52. The molecule has 0 saturated heterocycles. The van der Waals surface area contributed by atoms with Crippen molar-refractivity contribution in [1.82, 2.24) is 9.97 Å². The molecule has 94 valence electrons. The molecule has 0 fully saturated rings. The molecule has 0 aliphatic carbocycles. The topological polar surface area (TPSA) is 44.2 Å². The lowest BCUT2D eigenvalue weighted by Crippen LogP contribution is -2.01. The summed E-state index contributed by atoms with van der Waals surface area (Å²) in [5.41, 5.74) is 0.708. The van der Waals surface area contributed by atoms with Crippen molar-refractivity contribution in [3.8, 4) is 22.9 Å². The number of alkyl halides is 2. The highest BCUT2D eigenvalue weighted by Crippen LogP contribution is 2.21. The van der Waals surface area contributed by atoms with Gasteiger partial charge < -0.3 is 9.47 Å². The van der Waals surface area contributed by atoms with Crippen LogP contribution in [0.4, 0.5) is 8.78 Å². The minimum atomic E-state index is -2.83. The van der Waals surface area contributed by atoms with Gasteiger partial charge >= 0.3 is 6.61 Å². The predicted octanol–water partition coefficient (Wildman–Crippen LogP) is 2.75. The van der Waals surface area contributed by atoms with Gasteiger partial charge in [-0.1, -0.05) is 0 Å². The van der Waals surface area contributed by atoms with E-state index in [9.17, 15) is 8.78 Å². The molecule has 2 rings (SSSR count). The van der Waals surface area contributed by atoms with Crippen LogP contribution in [-0.2, 0) is 0 Å². The second-order valence-electron chi connectivity index (χ2n) is 3.35. The van der Waals surface area contributed by atoms with Crippen molar-refractivity contribution in [2.45, 2.75) is 6.61 Å². The average Bonchev–Trinajstić information content (AvgIpc) is 2.39. The van der Waals surface area contributed by atoms with Crippen LogP contribution in [0.3, 0.4) is 0 Å². The number of nitrogens with zero attached hydrogens (tertiary/aromatic N) is 2. The summed E-state index contributed by atoms with van der Waals surface area (Å²) in [4.78, 5) is 8.17. The Kier molecular flexibility index (Phi) is 3.66. The lowest BCUT2D eigenvalue weighted by atomic mass is 10.2. The van der Waals surface area contributed by atoms with Gasteiger partial charge in [0.15, 0.2) is 11.6 Å². The molecule has 6 heteroatoms. The maximum Gasteiger partial charge on any atom is 0.387 e. The van der Waals surface area contributed by atoms with E-state index in [4.69, 9.17) is 4.74 Å². The van der Waals surface area contributed by atoms with Crippen LogP contribution < -0.4 is 9.47 Å². The van der Waals surface area contributed by atoms with Crippen LogP contribution in [0.2, 0.25) is 0 Å². The number of hydrogen-bond acceptors (Lipinski definition) is 4. The molecular formula is C12H10F2N2O2. The number of ether oxygens (including phenoxy) is 2. The molecule has 0 aliphatic rings. The first-order chi connectivity index (χ1) is 8.69. The molecular weight excluding hydrogens is 242 g/mol. The van der Waals surface area contributed by atoms with Gasteiger partial charge in [-0.15, -0.1) is 0 Å². The fraction of sp³-hybridized carbons (Fsp3) is 0.167. The molecule has 18 heavy (non-hydrogen) atoms. The quantitative estimate of drug-likeness (QED) is 0.839. The van der Waals surface area contributed by atoms with Gasteiger partial charge in [-0.05, 0) is 24.3 Å². The average molecular weight is 252 g/mol. The van der Waals surface area contributed by atoms with Crippen LogP contribution in [0.5, 0.6) is 11.5 Å². The highest BCUT2D eigenvalue weighted by molar-refractivity contribution is 5.56. The van der Waals surface area contributed by atoms with Gasteiger partial charge in [0.2, 0.25) is 0 Å². The minimum absolute atomic E-state index is 0.0993. The maximum absolute atomic E-state index is 12.0. The van der Waals surface area contributed by atoms with Gasteiger partial charge in [-0.25, -0.2) is 9.97 Å². The van der Waals surface area contributed by atoms with E-state index in [0.717, 1.165) is 0 Å². The van der Waals surface area contributed by atoms with E-state index < -0.39 is 6.61 Å². The second-order valence-corrected chi connectivity index (χ2v) is 3.35. The number of methoxy groups -OCH3 is 1. The predicted molar refractivity (Wildman–Crippen MR) is 60.7 cm³/mol. The standard InChI is InChI=1S/C12H10F2N2O2/c1-17-10-6-15-11(16-7-10)8-2-4-9(5-3-8)18-12(13)14/h2-7,12H,1H3. The normalized spacial score (nSPS) is 10.4. The Morgan fingerprint density at radius 3 is 2.11 bits per heavy atom. The molecule has 0 radical (unpaired) electrons. The van der Waals surface area contributed by atoms with Crippen LogP contribution in [0.25, 0.3) is 11.4 Å². The van der Waals surface area contributed by atoms with Crippen molar-refractivity contribution in [3.05, 3.63) is 36.7 Å². The minimum Gasteiger partial charge on any atom is -0.494 e. The summed E-state index contributed by atoms with van der Waals surface area (Å²) in [5, 5.41) is 0. The summed E-state index contributed by atoms with van der Waals surface area (Å²) >= 11 is 0. The molecule has 0 atom stereocenters. The number of hydrogen-bond donors (Lipinski definition) is 0. The number of benzene rings is 1. The number of rotatable bonds is 4. The molecule has 0 bridgehead atoms. The molecule has 4 nitrogen and oxygen atoms in total. The molecule has 0 amide bonds. The molecule has 0 saturated carbocycles. The molecule has 0 unspecified atom stereocenters. The molecule has 2 aromatic rings. The molecule has 1 heterocycles. The molecule has 0 aliphatic heterocycles. The van der Waals surface area contributed by atoms with Crippen molar-refractivity contribution in [1.29, 1.82) is 0 Å². The Balaban J connectivity index is 2.17. The maximum atomic E-state index is 12.0. The van der Waals surface area contributed by atoms with Crippen LogP contribution >= 0.6 is 0 Å². The smallest absolute Gasteiger partial charge is 0.387 e. The van der Waals surface area contributed by atoms with Crippen molar-refractivity contribution >= 4 is 0 Å². The zero-order chi connectivity index (χ0) is 13.0. The van der Waals surface area contributed by atoms with E-state index in [2.05, 4.69) is 14.7 Å². The van der Waals surface area contributed by atoms with Crippen LogP contribution in [0, 0.1) is 0 Å². The molecule has 0 N–H and O–H groups in total. The van der Waals surface area contributed by atoms with Gasteiger partial charge in [-0.3, -0.25) is 0 Å². The second kappa shape index (κ2) is 5.39. The van der Waals surface area contributed by atoms with Crippen LogP contribution in [0.15, 0.2) is 36.7 Å². The third-order valence-corrected chi connectivity index (χ3v) is 2.20. The van der Waals surface area contributed by atoms with E-state index in [0.29, 0.717) is 17.1 Å². The van der Waals surface area contributed by atoms with Crippen LogP contribution in [0.1, 0.15) is 0 Å². The summed E-state index contributed by atoms with van der Waals surface area (Å²) in [6, 6.07) is 6.10. The zero-order valence-corrected chi connectivity index (χ0v) is 9.51. The largest absolute Gasteiger partial charge is 0.494 e. The van der Waals surface area contributed by atoms with E-state index in [1.807, 2.05) is 0 Å². The summed E-state index contributed by atoms with van der Waals surface area (Å²) < 4.78 is 33.1. The number of halogens is 2. The van der Waals surface area contributed by atoms with Gasteiger partial charge in [-0.2, -0.15) is 8.78 Å². The van der Waals surface area contributed by atoms with E-state index in [1.165, 1.54) is 31.6 Å². The Hall–Kier alpha value is -2.24. The summed E-state index contributed by atoms with van der Waals surface area (Å²) in [6.45, 7) is -2.83. The zero-order valence-electron chi connectivity index (χ0n) is 9.51. The van der Waals surface area contributed by atoms with E-state index in [1.54, 1.807) is 12.1 Å². The SMILES string of the molecule is COc1cnc(-c2ccc(OC(F)F)cc2)nc1.